The van der Waals surface area contributed by atoms with Gasteiger partial charge in [-0.05, 0) is 43.0 Å². The van der Waals surface area contributed by atoms with Gasteiger partial charge in [0.1, 0.15) is 29.9 Å². The molecule has 1 aromatic carbocycles. The second-order valence-electron chi connectivity index (χ2n) is 7.82. The van der Waals surface area contributed by atoms with E-state index < -0.39 is 21.8 Å². The Labute approximate surface area is 179 Å². The molecule has 31 heavy (non-hydrogen) atoms. The summed E-state index contributed by atoms with van der Waals surface area (Å²) in [5.41, 5.74) is 5.34. The third-order valence-electron chi connectivity index (χ3n) is 4.44. The molecule has 3 rings (SSSR count). The molecule has 3 aromatic rings. The van der Waals surface area contributed by atoms with Gasteiger partial charge in [0.25, 0.3) is 0 Å². The van der Waals surface area contributed by atoms with Crippen LogP contribution in [0.15, 0.2) is 36.7 Å². The van der Waals surface area contributed by atoms with Crippen molar-refractivity contribution < 1.29 is 22.6 Å². The van der Waals surface area contributed by atoms with Crippen LogP contribution in [-0.4, -0.2) is 40.7 Å². The van der Waals surface area contributed by atoms with E-state index in [-0.39, 0.29) is 34.8 Å². The number of aromatic nitrogens is 2. The highest BCUT2D eigenvalue weighted by molar-refractivity contribution is 8.32. The minimum Gasteiger partial charge on any atom is -0.455 e. The van der Waals surface area contributed by atoms with Crippen molar-refractivity contribution in [1.82, 2.24) is 9.55 Å². The van der Waals surface area contributed by atoms with Gasteiger partial charge in [0, 0.05) is 23.8 Å². The number of nitrogens with zero attached hydrogens (tertiary/aromatic N) is 3. The van der Waals surface area contributed by atoms with Gasteiger partial charge in [-0.25, -0.2) is 15.0 Å². The third-order valence-corrected chi connectivity index (χ3v) is 5.83. The summed E-state index contributed by atoms with van der Waals surface area (Å²) in [6.45, 7) is 0.372. The summed E-state index contributed by atoms with van der Waals surface area (Å²) in [5, 5.41) is 9.11. The number of fused-ring (bicyclic) bond motifs is 1. The van der Waals surface area contributed by atoms with Crippen molar-refractivity contribution in [3.8, 4) is 17.6 Å². The van der Waals surface area contributed by atoms with Crippen molar-refractivity contribution in [2.24, 2.45) is 0 Å². The molecule has 0 aliphatic heterocycles. The molecule has 166 valence electrons. The number of ether oxygens (including phenoxy) is 2. The molecule has 0 radical (unpaired) electrons. The van der Waals surface area contributed by atoms with Crippen LogP contribution in [0.25, 0.3) is 11.0 Å². The summed E-state index contributed by atoms with van der Waals surface area (Å²) in [7, 11) is -0.775. The van der Waals surface area contributed by atoms with Crippen LogP contribution in [0.3, 0.4) is 0 Å². The zero-order chi connectivity index (χ0) is 22.8. The Kier molecular flexibility index (Phi) is 6.38. The lowest BCUT2D eigenvalue weighted by Crippen LogP contribution is -2.10. The van der Waals surface area contributed by atoms with E-state index in [1.54, 1.807) is 0 Å². The summed E-state index contributed by atoms with van der Waals surface area (Å²) in [4.78, 5) is 4.12. The first-order chi connectivity index (χ1) is 14.5. The van der Waals surface area contributed by atoms with E-state index >= 15 is 0 Å². The van der Waals surface area contributed by atoms with Crippen molar-refractivity contribution >= 4 is 26.7 Å². The van der Waals surface area contributed by atoms with E-state index in [2.05, 4.69) is 23.8 Å². The number of benzene rings is 1. The van der Waals surface area contributed by atoms with Crippen molar-refractivity contribution in [2.45, 2.75) is 12.9 Å². The SMILES string of the molecule is CS(C)(C)CCOCn1cc(C(F)(F)F)c2c(Oc3ccc(N)cc3C#N)ccnc21. The fourth-order valence-corrected chi connectivity index (χ4v) is 3.52. The highest BCUT2D eigenvalue weighted by Gasteiger charge is 2.36. The minimum absolute atomic E-state index is 0.0588. The minimum atomic E-state index is -4.63. The van der Waals surface area contributed by atoms with E-state index in [4.69, 9.17) is 15.2 Å². The molecular weight excluding hydrogens is 429 g/mol. The van der Waals surface area contributed by atoms with E-state index in [1.165, 1.54) is 35.0 Å². The Balaban J connectivity index is 2.00. The molecular formula is C21H23F3N4O2S. The summed E-state index contributed by atoms with van der Waals surface area (Å²) in [6.07, 6.45) is 4.13. The van der Waals surface area contributed by atoms with Crippen LogP contribution in [0.5, 0.6) is 11.5 Å². The van der Waals surface area contributed by atoms with Crippen LogP contribution in [0, 0.1) is 11.3 Å². The van der Waals surface area contributed by atoms with Crippen molar-refractivity contribution in [1.29, 1.82) is 5.26 Å². The number of anilines is 1. The van der Waals surface area contributed by atoms with Crippen LogP contribution in [0.1, 0.15) is 11.1 Å². The molecule has 0 unspecified atom stereocenters. The normalized spacial score (nSPS) is 12.7. The number of rotatable bonds is 7. The largest absolute Gasteiger partial charge is 0.455 e. The van der Waals surface area contributed by atoms with Gasteiger partial charge in [-0.1, -0.05) is 0 Å². The lowest BCUT2D eigenvalue weighted by molar-refractivity contribution is -0.136. The third kappa shape index (κ3) is 5.42. The number of alkyl halides is 3. The van der Waals surface area contributed by atoms with Gasteiger partial charge in [-0.2, -0.15) is 18.4 Å². The van der Waals surface area contributed by atoms with Gasteiger partial charge in [-0.15, -0.1) is 0 Å². The first kappa shape index (κ1) is 22.8. The number of nitrogen functional groups attached to an aromatic ring is 1. The fourth-order valence-electron chi connectivity index (χ4n) is 2.90. The lowest BCUT2D eigenvalue weighted by atomic mass is 10.2. The maximum atomic E-state index is 13.8. The smallest absolute Gasteiger partial charge is 0.418 e. The Morgan fingerprint density at radius 3 is 2.58 bits per heavy atom. The highest BCUT2D eigenvalue weighted by atomic mass is 32.3. The van der Waals surface area contributed by atoms with Gasteiger partial charge in [0.05, 0.1) is 23.1 Å². The standard InChI is InChI=1S/C21H23F3N4O2S/c1-31(2,3)9-8-29-13-28-12-16(21(22,23)24)19-18(6-7-27-20(19)28)30-17-5-4-15(26)10-14(17)11-25/h4-7,10,12H,8-9,13,26H2,1-3H3. The molecule has 0 amide bonds. The van der Waals surface area contributed by atoms with E-state index in [0.717, 1.165) is 11.9 Å². The number of nitriles is 1. The van der Waals surface area contributed by atoms with Gasteiger partial charge in [-0.3, -0.25) is 0 Å². The topological polar surface area (TPSA) is 86.1 Å². The van der Waals surface area contributed by atoms with Gasteiger partial charge in [0.2, 0.25) is 0 Å². The number of hydrogen-bond donors (Lipinski definition) is 1. The monoisotopic (exact) mass is 452 g/mol. The van der Waals surface area contributed by atoms with Crippen LogP contribution in [-0.2, 0) is 17.6 Å². The first-order valence-corrected chi connectivity index (χ1v) is 12.3. The molecule has 2 heterocycles. The van der Waals surface area contributed by atoms with Gasteiger partial charge >= 0.3 is 6.18 Å². The molecule has 6 nitrogen and oxygen atoms in total. The second-order valence-corrected chi connectivity index (χ2v) is 12.4. The van der Waals surface area contributed by atoms with Crippen LogP contribution in [0.4, 0.5) is 18.9 Å². The van der Waals surface area contributed by atoms with Crippen LogP contribution >= 0.6 is 10.0 Å². The molecule has 0 bridgehead atoms. The zero-order valence-electron chi connectivity index (χ0n) is 17.4. The lowest BCUT2D eigenvalue weighted by Gasteiger charge is -2.24. The van der Waals surface area contributed by atoms with E-state index in [0.29, 0.717) is 12.3 Å². The average molecular weight is 453 g/mol. The molecule has 0 saturated heterocycles. The van der Waals surface area contributed by atoms with Crippen molar-refractivity contribution in [3.05, 3.63) is 47.8 Å². The molecule has 0 saturated carbocycles. The summed E-state index contributed by atoms with van der Waals surface area (Å²) < 4.78 is 54.0. The number of hydrogen-bond acceptors (Lipinski definition) is 5. The zero-order valence-corrected chi connectivity index (χ0v) is 18.2. The molecule has 0 atom stereocenters. The summed E-state index contributed by atoms with van der Waals surface area (Å²) in [6, 6.07) is 7.63. The molecule has 0 fully saturated rings. The second kappa shape index (κ2) is 8.69. The Morgan fingerprint density at radius 2 is 1.94 bits per heavy atom. The molecule has 0 aliphatic carbocycles. The highest BCUT2D eigenvalue weighted by Crippen LogP contribution is 2.41. The fraction of sp³-hybridized carbons (Fsp3) is 0.333. The molecule has 0 spiro atoms. The summed E-state index contributed by atoms with van der Waals surface area (Å²) in [5.74, 6) is 0.889. The van der Waals surface area contributed by atoms with E-state index in [1.807, 2.05) is 6.07 Å². The van der Waals surface area contributed by atoms with Crippen LogP contribution < -0.4 is 10.5 Å². The number of pyridine rings is 1. The predicted molar refractivity (Wildman–Crippen MR) is 117 cm³/mol. The number of halogens is 3. The van der Waals surface area contributed by atoms with E-state index in [9.17, 15) is 18.4 Å². The Hall–Kier alpha value is -2.90. The molecule has 0 aliphatic rings. The quantitative estimate of drug-likeness (QED) is 0.404. The Morgan fingerprint density at radius 1 is 1.19 bits per heavy atom. The number of nitrogens with two attached hydrogens (primary N) is 1. The predicted octanol–water partition coefficient (Wildman–Crippen LogP) is 4.97. The molecule has 10 heteroatoms. The van der Waals surface area contributed by atoms with Gasteiger partial charge < -0.3 is 19.8 Å². The maximum Gasteiger partial charge on any atom is 0.418 e. The van der Waals surface area contributed by atoms with Gasteiger partial charge in [0.15, 0.2) is 0 Å². The first-order valence-electron chi connectivity index (χ1n) is 9.26. The maximum absolute atomic E-state index is 13.8. The van der Waals surface area contributed by atoms with Crippen molar-refractivity contribution in [3.63, 3.8) is 0 Å². The van der Waals surface area contributed by atoms with Crippen molar-refractivity contribution in [2.75, 3.05) is 36.9 Å². The summed E-state index contributed by atoms with van der Waals surface area (Å²) >= 11 is 0. The average Bonchev–Trinajstić information content (AvgIpc) is 3.06. The Bertz CT molecular complexity index is 1130. The van der Waals surface area contributed by atoms with Crippen LogP contribution in [0.2, 0.25) is 0 Å². The molecule has 2 aromatic heterocycles. The molecule has 2 N–H and O–H groups in total.